The van der Waals surface area contributed by atoms with Crippen molar-refractivity contribution in [2.45, 2.75) is 19.3 Å². The summed E-state index contributed by atoms with van der Waals surface area (Å²) in [6.45, 7) is 4.47. The van der Waals surface area contributed by atoms with Crippen LogP contribution in [0.4, 0.5) is 0 Å². The molecule has 11 aromatic rings. The summed E-state index contributed by atoms with van der Waals surface area (Å²) >= 11 is 1.66. The second-order valence-electron chi connectivity index (χ2n) is 15.6. The lowest BCUT2D eigenvalue weighted by Crippen LogP contribution is -2.14. The highest BCUT2D eigenvalue weighted by Crippen LogP contribution is 2.50. The molecule has 0 radical (unpaired) electrons. The summed E-state index contributed by atoms with van der Waals surface area (Å²) in [7, 11) is 0. The Morgan fingerprint density at radius 3 is 1.92 bits per heavy atom. The maximum Gasteiger partial charge on any atom is 0.165 e. The highest BCUT2D eigenvalue weighted by Gasteiger charge is 2.35. The molecule has 12 rings (SSSR count). The fourth-order valence-electron chi connectivity index (χ4n) is 9.23. The van der Waals surface area contributed by atoms with Crippen LogP contribution in [0.25, 0.3) is 104 Å². The van der Waals surface area contributed by atoms with Crippen molar-refractivity contribution >= 4 is 53.3 Å². The Bertz CT molecular complexity index is 3700. The van der Waals surface area contributed by atoms with Crippen molar-refractivity contribution in [2.24, 2.45) is 0 Å². The molecular weight excluding hydrogens is 737 g/mol. The Labute approximate surface area is 352 Å². The molecule has 4 nitrogen and oxygen atoms in total. The van der Waals surface area contributed by atoms with E-state index in [-0.39, 0.29) is 28.9 Å². The number of rotatable bonds is 5. The predicted octanol–water partition coefficient (Wildman–Crippen LogP) is 14.3. The van der Waals surface area contributed by atoms with E-state index in [4.69, 9.17) is 21.8 Å². The Balaban J connectivity index is 1.20. The standard InChI is InChI=1S/C54H36N4S/c1-54(2)44-24-12-9-20-38(44)41-30-35(28-29-45(41)54)52-55-51(34-18-7-4-8-19-34)56-53(57-52)43-32-36(58-46-25-13-10-21-39(46)40-22-11-14-26-47(40)58)31-42-49-37(33-16-5-3-6-17-33)23-15-27-48(49)59-50(42)43/h3-32H,1-2H3/i4D,7D,8D,18D,19D. The van der Waals surface area contributed by atoms with E-state index in [1.54, 1.807) is 11.3 Å². The van der Waals surface area contributed by atoms with Crippen LogP contribution in [0.1, 0.15) is 31.8 Å². The first-order valence-electron chi connectivity index (χ1n) is 22.2. The van der Waals surface area contributed by atoms with Crippen LogP contribution in [-0.2, 0) is 5.41 Å². The van der Waals surface area contributed by atoms with Crippen molar-refractivity contribution in [1.82, 2.24) is 19.5 Å². The number of hydrogen-bond donors (Lipinski definition) is 0. The zero-order valence-corrected chi connectivity index (χ0v) is 32.9. The van der Waals surface area contributed by atoms with Crippen LogP contribution >= 0.6 is 11.3 Å². The number of fused-ring (bicyclic) bond motifs is 9. The van der Waals surface area contributed by atoms with Gasteiger partial charge in [-0.05, 0) is 69.8 Å². The Morgan fingerprint density at radius 2 is 1.14 bits per heavy atom. The summed E-state index contributed by atoms with van der Waals surface area (Å²) in [4.78, 5) is 15.4. The number of aromatic nitrogens is 4. The van der Waals surface area contributed by atoms with Gasteiger partial charge in [-0.3, -0.25) is 0 Å². The van der Waals surface area contributed by atoms with Gasteiger partial charge < -0.3 is 4.57 Å². The molecule has 0 fully saturated rings. The van der Waals surface area contributed by atoms with E-state index in [1.807, 2.05) is 12.1 Å². The lowest BCUT2D eigenvalue weighted by Gasteiger charge is -2.21. The maximum absolute atomic E-state index is 9.07. The van der Waals surface area contributed by atoms with Crippen molar-refractivity contribution in [3.63, 3.8) is 0 Å². The Hall–Kier alpha value is -7.21. The molecule has 0 atom stereocenters. The molecule has 3 aromatic heterocycles. The molecule has 278 valence electrons. The van der Waals surface area contributed by atoms with Gasteiger partial charge in [0.1, 0.15) is 0 Å². The van der Waals surface area contributed by atoms with E-state index < -0.39 is 18.1 Å². The number of benzene rings is 8. The topological polar surface area (TPSA) is 43.6 Å². The summed E-state index contributed by atoms with van der Waals surface area (Å²) in [5, 5.41) is 4.40. The van der Waals surface area contributed by atoms with Gasteiger partial charge in [0.25, 0.3) is 0 Å². The normalized spacial score (nSPS) is 14.2. The largest absolute Gasteiger partial charge is 0.309 e. The first-order chi connectivity index (χ1) is 31.1. The minimum atomic E-state index is -0.478. The van der Waals surface area contributed by atoms with Gasteiger partial charge in [-0.25, -0.2) is 15.0 Å². The summed E-state index contributed by atoms with van der Waals surface area (Å²) in [5.74, 6) is 0.659. The number of nitrogens with zero attached hydrogens (tertiary/aromatic N) is 4. The van der Waals surface area contributed by atoms with Crippen LogP contribution < -0.4 is 0 Å². The van der Waals surface area contributed by atoms with E-state index in [0.717, 1.165) is 81.0 Å². The minimum Gasteiger partial charge on any atom is -0.309 e. The average molecular weight is 778 g/mol. The van der Waals surface area contributed by atoms with Crippen molar-refractivity contribution in [3.05, 3.63) is 193 Å². The second-order valence-corrected chi connectivity index (χ2v) is 16.7. The summed E-state index contributed by atoms with van der Waals surface area (Å²) in [6.07, 6.45) is 0. The van der Waals surface area contributed by atoms with Gasteiger partial charge >= 0.3 is 0 Å². The highest BCUT2D eigenvalue weighted by atomic mass is 32.1. The summed E-state index contributed by atoms with van der Waals surface area (Å²) in [6, 6.07) is 50.7. The van der Waals surface area contributed by atoms with Gasteiger partial charge in [-0.2, -0.15) is 0 Å². The maximum atomic E-state index is 9.07. The van der Waals surface area contributed by atoms with Gasteiger partial charge in [0, 0.05) is 58.7 Å². The molecule has 1 aliphatic rings. The van der Waals surface area contributed by atoms with E-state index in [1.165, 1.54) is 11.1 Å². The second kappa shape index (κ2) is 12.9. The Morgan fingerprint density at radius 1 is 0.492 bits per heavy atom. The van der Waals surface area contributed by atoms with Crippen molar-refractivity contribution in [1.29, 1.82) is 0 Å². The average Bonchev–Trinajstić information content (AvgIpc) is 3.95. The molecule has 0 saturated heterocycles. The molecule has 0 spiro atoms. The smallest absolute Gasteiger partial charge is 0.165 e. The SMILES string of the molecule is [2H]c1c([2H])c([2H])c(-c2nc(-c3ccc4c(c3)-c3ccccc3C4(C)C)nc(-c3cc(-n4c5ccccc5c5ccccc54)cc4c3sc3cccc(-c5ccccc5)c34)n2)c([2H])c1[2H]. The molecule has 0 unspecified atom stereocenters. The third-order valence-corrected chi connectivity index (χ3v) is 13.2. The molecule has 0 N–H and O–H groups in total. The molecule has 0 amide bonds. The summed E-state index contributed by atoms with van der Waals surface area (Å²) in [5.41, 5.74) is 11.0. The van der Waals surface area contributed by atoms with Crippen molar-refractivity contribution in [3.8, 4) is 62.1 Å². The highest BCUT2D eigenvalue weighted by molar-refractivity contribution is 7.26. The number of hydrogen-bond acceptors (Lipinski definition) is 4. The molecule has 59 heavy (non-hydrogen) atoms. The van der Waals surface area contributed by atoms with Crippen LogP contribution in [0.2, 0.25) is 0 Å². The van der Waals surface area contributed by atoms with Gasteiger partial charge in [0.2, 0.25) is 0 Å². The van der Waals surface area contributed by atoms with Gasteiger partial charge in [-0.1, -0.05) is 159 Å². The third-order valence-electron chi connectivity index (χ3n) is 11.9. The van der Waals surface area contributed by atoms with E-state index >= 15 is 0 Å². The molecule has 8 aromatic carbocycles. The van der Waals surface area contributed by atoms with E-state index in [2.05, 4.69) is 158 Å². The number of para-hydroxylation sites is 2. The summed E-state index contributed by atoms with van der Waals surface area (Å²) < 4.78 is 48.1. The van der Waals surface area contributed by atoms with E-state index in [0.29, 0.717) is 11.6 Å². The van der Waals surface area contributed by atoms with Crippen LogP contribution in [0.5, 0.6) is 0 Å². The fourth-order valence-corrected chi connectivity index (χ4v) is 10.4. The molecule has 1 aliphatic carbocycles. The van der Waals surface area contributed by atoms with Gasteiger partial charge in [0.05, 0.1) is 17.9 Å². The van der Waals surface area contributed by atoms with Crippen molar-refractivity contribution < 1.29 is 6.85 Å². The van der Waals surface area contributed by atoms with Crippen LogP contribution in [0.15, 0.2) is 182 Å². The van der Waals surface area contributed by atoms with E-state index in [9.17, 15) is 0 Å². The van der Waals surface area contributed by atoms with Crippen LogP contribution in [0.3, 0.4) is 0 Å². The van der Waals surface area contributed by atoms with Crippen molar-refractivity contribution in [2.75, 3.05) is 0 Å². The first kappa shape index (κ1) is 29.1. The predicted molar refractivity (Wildman–Crippen MR) is 246 cm³/mol. The molecular formula is C54H36N4S. The zero-order valence-electron chi connectivity index (χ0n) is 37.1. The lowest BCUT2D eigenvalue weighted by atomic mass is 9.82. The zero-order chi connectivity index (χ0) is 43.6. The minimum absolute atomic E-state index is 0.000249. The molecule has 0 saturated carbocycles. The molecule has 5 heteroatoms. The monoisotopic (exact) mass is 777 g/mol. The van der Waals surface area contributed by atoms with Crippen LogP contribution in [0, 0.1) is 0 Å². The number of thiophene rings is 1. The van der Waals surface area contributed by atoms with Gasteiger partial charge in [0.15, 0.2) is 17.5 Å². The quantitative estimate of drug-likeness (QED) is 0.175. The fraction of sp³-hybridized carbons (Fsp3) is 0.0556. The van der Waals surface area contributed by atoms with Crippen LogP contribution in [-0.4, -0.2) is 19.5 Å². The molecule has 0 aliphatic heterocycles. The third kappa shape index (κ3) is 5.18. The molecule has 3 heterocycles. The first-order valence-corrected chi connectivity index (χ1v) is 20.5. The lowest BCUT2D eigenvalue weighted by molar-refractivity contribution is 0.660. The molecule has 0 bridgehead atoms. The van der Waals surface area contributed by atoms with Gasteiger partial charge in [-0.15, -0.1) is 11.3 Å². The Kier molecular flexibility index (Phi) is 6.36.